The lowest BCUT2D eigenvalue weighted by atomic mass is 10.2. The molecule has 0 aliphatic rings. The van der Waals surface area contributed by atoms with Gasteiger partial charge in [-0.2, -0.15) is 0 Å². The van der Waals surface area contributed by atoms with Crippen LogP contribution in [0.5, 0.6) is 0 Å². The van der Waals surface area contributed by atoms with E-state index in [0.717, 1.165) is 18.0 Å². The van der Waals surface area contributed by atoms with Crippen molar-refractivity contribution in [1.29, 1.82) is 0 Å². The van der Waals surface area contributed by atoms with Crippen LogP contribution in [-0.2, 0) is 4.79 Å². The molecule has 0 aliphatic carbocycles. The van der Waals surface area contributed by atoms with Crippen LogP contribution in [0, 0.1) is 6.92 Å². The van der Waals surface area contributed by atoms with E-state index in [0.29, 0.717) is 0 Å². The van der Waals surface area contributed by atoms with Gasteiger partial charge in [-0.25, -0.2) is 0 Å². The number of hydrogen-bond acceptors (Lipinski definition) is 2. The molecule has 0 heterocycles. The molecule has 0 radical (unpaired) electrons. The zero-order chi connectivity index (χ0) is 12.8. The fourth-order valence-electron chi connectivity index (χ4n) is 1.66. The van der Waals surface area contributed by atoms with E-state index >= 15 is 0 Å². The molecule has 1 rings (SSSR count). The van der Waals surface area contributed by atoms with Crippen LogP contribution >= 0.6 is 11.8 Å². The van der Waals surface area contributed by atoms with Gasteiger partial charge in [-0.15, -0.1) is 11.8 Å². The van der Waals surface area contributed by atoms with Gasteiger partial charge >= 0.3 is 0 Å². The Bertz CT molecular complexity index is 357. The summed E-state index contributed by atoms with van der Waals surface area (Å²) in [5.74, 6) is 0.223. The molecule has 0 saturated heterocycles. The maximum atomic E-state index is 12.1. The third kappa shape index (κ3) is 4.08. The fourth-order valence-corrected chi connectivity index (χ4v) is 2.62. The molecule has 0 N–H and O–H groups in total. The molecule has 1 atom stereocenters. The van der Waals surface area contributed by atoms with Crippen LogP contribution < -0.4 is 0 Å². The minimum Gasteiger partial charge on any atom is -0.342 e. The predicted octanol–water partition coefficient (Wildman–Crippen LogP) is 3.34. The monoisotopic (exact) mass is 251 g/mol. The molecule has 2 nitrogen and oxygen atoms in total. The first kappa shape index (κ1) is 14.1. The van der Waals surface area contributed by atoms with Crippen molar-refractivity contribution in [2.24, 2.45) is 0 Å². The highest BCUT2D eigenvalue weighted by molar-refractivity contribution is 8.00. The van der Waals surface area contributed by atoms with Gasteiger partial charge in [-0.05, 0) is 39.8 Å². The summed E-state index contributed by atoms with van der Waals surface area (Å²) in [7, 11) is 0. The molecule has 17 heavy (non-hydrogen) atoms. The number of carbonyl (C=O) groups excluding carboxylic acids is 1. The Labute approximate surface area is 108 Å². The summed E-state index contributed by atoms with van der Waals surface area (Å²) >= 11 is 1.63. The predicted molar refractivity (Wildman–Crippen MR) is 74.4 cm³/mol. The number of thioether (sulfide) groups is 1. The molecule has 0 saturated carbocycles. The molecule has 1 amide bonds. The van der Waals surface area contributed by atoms with Crippen molar-refractivity contribution < 1.29 is 4.79 Å². The van der Waals surface area contributed by atoms with Gasteiger partial charge in [0, 0.05) is 18.0 Å². The van der Waals surface area contributed by atoms with Gasteiger partial charge in [0.15, 0.2) is 0 Å². The van der Waals surface area contributed by atoms with Crippen LogP contribution in [0.2, 0.25) is 0 Å². The number of carbonyl (C=O) groups is 1. The van der Waals surface area contributed by atoms with Crippen LogP contribution in [0.25, 0.3) is 0 Å². The normalized spacial score (nSPS) is 12.2. The van der Waals surface area contributed by atoms with E-state index in [2.05, 4.69) is 31.2 Å². The van der Waals surface area contributed by atoms with Gasteiger partial charge < -0.3 is 4.90 Å². The summed E-state index contributed by atoms with van der Waals surface area (Å²) in [5, 5.41) is -0.0161. The van der Waals surface area contributed by atoms with Crippen LogP contribution in [0.3, 0.4) is 0 Å². The van der Waals surface area contributed by atoms with E-state index < -0.39 is 0 Å². The number of amides is 1. The van der Waals surface area contributed by atoms with E-state index in [9.17, 15) is 4.79 Å². The highest BCUT2D eigenvalue weighted by Crippen LogP contribution is 2.24. The van der Waals surface area contributed by atoms with E-state index in [1.165, 1.54) is 5.56 Å². The van der Waals surface area contributed by atoms with Crippen molar-refractivity contribution in [1.82, 2.24) is 4.90 Å². The second-order valence-electron chi connectivity index (χ2n) is 4.08. The Hall–Kier alpha value is -0.960. The van der Waals surface area contributed by atoms with E-state index in [1.54, 1.807) is 11.8 Å². The van der Waals surface area contributed by atoms with Crippen LogP contribution in [0.4, 0.5) is 0 Å². The average Bonchev–Trinajstić information content (AvgIpc) is 2.33. The van der Waals surface area contributed by atoms with Crippen molar-refractivity contribution in [2.75, 3.05) is 13.1 Å². The number of aryl methyl sites for hydroxylation is 1. The third-order valence-electron chi connectivity index (χ3n) is 2.76. The molecule has 1 aromatic carbocycles. The summed E-state index contributed by atoms with van der Waals surface area (Å²) in [6.07, 6.45) is 0. The Balaban J connectivity index is 2.62. The first-order valence-corrected chi connectivity index (χ1v) is 6.98. The summed E-state index contributed by atoms with van der Waals surface area (Å²) in [6, 6.07) is 8.31. The summed E-state index contributed by atoms with van der Waals surface area (Å²) in [6.45, 7) is 9.65. The van der Waals surface area contributed by atoms with E-state index in [1.807, 2.05) is 25.7 Å². The average molecular weight is 251 g/mol. The van der Waals surface area contributed by atoms with Crippen LogP contribution in [0.1, 0.15) is 26.3 Å². The van der Waals surface area contributed by atoms with Gasteiger partial charge in [0.2, 0.25) is 5.91 Å². The maximum absolute atomic E-state index is 12.1. The molecule has 0 aromatic heterocycles. The zero-order valence-corrected chi connectivity index (χ0v) is 11.9. The molecule has 0 aliphatic heterocycles. The Morgan fingerprint density at radius 1 is 1.24 bits per heavy atom. The Morgan fingerprint density at radius 2 is 1.76 bits per heavy atom. The van der Waals surface area contributed by atoms with Crippen molar-refractivity contribution in [3.63, 3.8) is 0 Å². The topological polar surface area (TPSA) is 20.3 Å². The smallest absolute Gasteiger partial charge is 0.235 e. The lowest BCUT2D eigenvalue weighted by Crippen LogP contribution is -2.36. The molecule has 3 heteroatoms. The lowest BCUT2D eigenvalue weighted by molar-refractivity contribution is -0.129. The molecule has 0 bridgehead atoms. The van der Waals surface area contributed by atoms with Crippen molar-refractivity contribution >= 4 is 17.7 Å². The zero-order valence-electron chi connectivity index (χ0n) is 11.1. The fraction of sp³-hybridized carbons (Fsp3) is 0.500. The molecule has 0 spiro atoms. The number of rotatable bonds is 5. The van der Waals surface area contributed by atoms with Gasteiger partial charge in [0.05, 0.1) is 5.25 Å². The molecule has 0 fully saturated rings. The van der Waals surface area contributed by atoms with Crippen LogP contribution in [0.15, 0.2) is 29.2 Å². The largest absolute Gasteiger partial charge is 0.342 e. The lowest BCUT2D eigenvalue weighted by Gasteiger charge is -2.22. The second-order valence-corrected chi connectivity index (χ2v) is 5.50. The first-order chi connectivity index (χ1) is 8.08. The quantitative estimate of drug-likeness (QED) is 0.748. The van der Waals surface area contributed by atoms with Gasteiger partial charge in [0.25, 0.3) is 0 Å². The van der Waals surface area contributed by atoms with Gasteiger partial charge in [-0.3, -0.25) is 4.79 Å². The number of hydrogen-bond donors (Lipinski definition) is 0. The SMILES string of the molecule is CCN(CC)C(=O)C(C)Sc1ccc(C)cc1. The Kier molecular flexibility index (Phi) is 5.56. The molecular formula is C14H21NOS. The minimum absolute atomic E-state index is 0.0161. The summed E-state index contributed by atoms with van der Waals surface area (Å²) < 4.78 is 0. The standard InChI is InChI=1S/C14H21NOS/c1-5-15(6-2)14(16)12(4)17-13-9-7-11(3)8-10-13/h7-10,12H,5-6H2,1-4H3. The number of benzene rings is 1. The van der Waals surface area contributed by atoms with E-state index in [4.69, 9.17) is 0 Å². The summed E-state index contributed by atoms with van der Waals surface area (Å²) in [4.78, 5) is 15.1. The molecule has 1 unspecified atom stereocenters. The highest BCUT2D eigenvalue weighted by atomic mass is 32.2. The third-order valence-corrected chi connectivity index (χ3v) is 3.86. The van der Waals surface area contributed by atoms with Crippen molar-refractivity contribution in [3.8, 4) is 0 Å². The van der Waals surface area contributed by atoms with Gasteiger partial charge in [-0.1, -0.05) is 17.7 Å². The summed E-state index contributed by atoms with van der Waals surface area (Å²) in [5.41, 5.74) is 1.25. The van der Waals surface area contributed by atoms with E-state index in [-0.39, 0.29) is 11.2 Å². The van der Waals surface area contributed by atoms with Crippen molar-refractivity contribution in [3.05, 3.63) is 29.8 Å². The molecule has 1 aromatic rings. The maximum Gasteiger partial charge on any atom is 0.235 e. The van der Waals surface area contributed by atoms with Crippen LogP contribution in [-0.4, -0.2) is 29.1 Å². The first-order valence-electron chi connectivity index (χ1n) is 6.10. The molecule has 94 valence electrons. The Morgan fingerprint density at radius 3 is 2.24 bits per heavy atom. The number of nitrogens with zero attached hydrogens (tertiary/aromatic N) is 1. The highest BCUT2D eigenvalue weighted by Gasteiger charge is 2.18. The second kappa shape index (κ2) is 6.70. The molecular weight excluding hydrogens is 230 g/mol. The minimum atomic E-state index is -0.0161. The van der Waals surface area contributed by atoms with Crippen molar-refractivity contribution in [2.45, 2.75) is 37.8 Å². The van der Waals surface area contributed by atoms with Gasteiger partial charge in [0.1, 0.15) is 0 Å².